The molecule has 2 aliphatic heterocycles. The molecular weight excluding hydrogens is 292 g/mol. The standard InChI is InChI=1S/C18H26N2O3/c1-22-16-7-4-14(5-8-16)6-9-18(21)19-11-17-12-20-10-2-3-15(20)13-23-17/h4-5,7-8,15,17H,2-3,6,9-13H2,1H3,(H,19,21). The first-order valence-corrected chi connectivity index (χ1v) is 8.50. The summed E-state index contributed by atoms with van der Waals surface area (Å²) in [4.78, 5) is 14.5. The third-order valence-corrected chi connectivity index (χ3v) is 4.79. The zero-order chi connectivity index (χ0) is 16.1. The zero-order valence-corrected chi connectivity index (χ0v) is 13.8. The Morgan fingerprint density at radius 2 is 2.22 bits per heavy atom. The molecule has 0 saturated carbocycles. The van der Waals surface area contributed by atoms with Gasteiger partial charge < -0.3 is 14.8 Å². The number of methoxy groups -OCH3 is 1. The summed E-state index contributed by atoms with van der Waals surface area (Å²) in [6, 6.07) is 8.47. The van der Waals surface area contributed by atoms with Crippen LogP contribution >= 0.6 is 0 Å². The van der Waals surface area contributed by atoms with Gasteiger partial charge in [-0.3, -0.25) is 9.69 Å². The lowest BCUT2D eigenvalue weighted by molar-refractivity contribution is -0.122. The van der Waals surface area contributed by atoms with E-state index in [-0.39, 0.29) is 12.0 Å². The highest BCUT2D eigenvalue weighted by atomic mass is 16.5. The molecule has 2 heterocycles. The molecule has 0 aliphatic carbocycles. The number of ether oxygens (including phenoxy) is 2. The summed E-state index contributed by atoms with van der Waals surface area (Å²) in [5, 5.41) is 3.01. The molecule has 3 rings (SSSR count). The lowest BCUT2D eigenvalue weighted by atomic mass is 10.1. The summed E-state index contributed by atoms with van der Waals surface area (Å²) in [5.41, 5.74) is 1.15. The van der Waals surface area contributed by atoms with E-state index in [1.807, 2.05) is 24.3 Å². The van der Waals surface area contributed by atoms with E-state index >= 15 is 0 Å². The first-order chi connectivity index (χ1) is 11.2. The number of benzene rings is 1. The Hall–Kier alpha value is -1.59. The smallest absolute Gasteiger partial charge is 0.220 e. The normalized spacial score (nSPS) is 24.2. The molecule has 1 amide bonds. The second-order valence-corrected chi connectivity index (χ2v) is 6.40. The maximum Gasteiger partial charge on any atom is 0.220 e. The van der Waals surface area contributed by atoms with Crippen molar-refractivity contribution in [1.82, 2.24) is 10.2 Å². The molecule has 5 heteroatoms. The van der Waals surface area contributed by atoms with Gasteiger partial charge in [0, 0.05) is 25.6 Å². The van der Waals surface area contributed by atoms with Crippen LogP contribution in [-0.2, 0) is 16.0 Å². The van der Waals surface area contributed by atoms with Gasteiger partial charge in [-0.25, -0.2) is 0 Å². The van der Waals surface area contributed by atoms with Gasteiger partial charge in [0.05, 0.1) is 19.8 Å². The fourth-order valence-electron chi connectivity index (χ4n) is 3.38. The molecule has 2 fully saturated rings. The summed E-state index contributed by atoms with van der Waals surface area (Å²) in [5.74, 6) is 0.931. The second-order valence-electron chi connectivity index (χ2n) is 6.40. The topological polar surface area (TPSA) is 50.8 Å². The molecular formula is C18H26N2O3. The molecule has 0 radical (unpaired) electrons. The number of rotatable bonds is 6. The van der Waals surface area contributed by atoms with Crippen molar-refractivity contribution in [2.75, 3.05) is 33.4 Å². The van der Waals surface area contributed by atoms with Gasteiger partial charge in [0.1, 0.15) is 5.75 Å². The van der Waals surface area contributed by atoms with E-state index < -0.39 is 0 Å². The lowest BCUT2D eigenvalue weighted by Crippen LogP contribution is -2.50. The van der Waals surface area contributed by atoms with E-state index in [9.17, 15) is 4.79 Å². The summed E-state index contributed by atoms with van der Waals surface area (Å²) < 4.78 is 11.0. The maximum atomic E-state index is 12.0. The average Bonchev–Trinajstić information content (AvgIpc) is 3.06. The Labute approximate surface area is 137 Å². The van der Waals surface area contributed by atoms with Crippen LogP contribution in [0.3, 0.4) is 0 Å². The number of fused-ring (bicyclic) bond motifs is 1. The van der Waals surface area contributed by atoms with Gasteiger partial charge in [0.25, 0.3) is 0 Å². The highest BCUT2D eigenvalue weighted by molar-refractivity contribution is 5.76. The van der Waals surface area contributed by atoms with Crippen molar-refractivity contribution in [3.05, 3.63) is 29.8 Å². The SMILES string of the molecule is COc1ccc(CCC(=O)NCC2CN3CCCC3CO2)cc1. The van der Waals surface area contributed by atoms with E-state index in [4.69, 9.17) is 9.47 Å². The molecule has 5 nitrogen and oxygen atoms in total. The van der Waals surface area contributed by atoms with E-state index in [2.05, 4.69) is 10.2 Å². The number of carbonyl (C=O) groups excluding carboxylic acids is 1. The summed E-state index contributed by atoms with van der Waals surface area (Å²) in [6.07, 6.45) is 3.91. The van der Waals surface area contributed by atoms with Crippen LogP contribution in [0.15, 0.2) is 24.3 Å². The lowest BCUT2D eigenvalue weighted by Gasteiger charge is -2.35. The third kappa shape index (κ3) is 4.45. The molecule has 2 unspecified atom stereocenters. The van der Waals surface area contributed by atoms with Crippen molar-refractivity contribution >= 4 is 5.91 Å². The number of hydrogen-bond acceptors (Lipinski definition) is 4. The number of aryl methyl sites for hydroxylation is 1. The molecule has 0 bridgehead atoms. The van der Waals surface area contributed by atoms with Crippen LogP contribution < -0.4 is 10.1 Å². The molecule has 1 N–H and O–H groups in total. The van der Waals surface area contributed by atoms with Crippen molar-refractivity contribution in [3.63, 3.8) is 0 Å². The van der Waals surface area contributed by atoms with Gasteiger partial charge in [-0.2, -0.15) is 0 Å². The molecule has 2 atom stereocenters. The van der Waals surface area contributed by atoms with Crippen LogP contribution in [0.4, 0.5) is 0 Å². The van der Waals surface area contributed by atoms with Crippen LogP contribution in [0, 0.1) is 0 Å². The van der Waals surface area contributed by atoms with E-state index in [1.165, 1.54) is 19.4 Å². The Balaban J connectivity index is 1.36. The van der Waals surface area contributed by atoms with Crippen molar-refractivity contribution in [2.24, 2.45) is 0 Å². The fourth-order valence-corrected chi connectivity index (χ4v) is 3.38. The molecule has 2 aliphatic rings. The fraction of sp³-hybridized carbons (Fsp3) is 0.611. The summed E-state index contributed by atoms with van der Waals surface area (Å²) in [6.45, 7) is 3.55. The molecule has 126 valence electrons. The van der Waals surface area contributed by atoms with E-state index in [0.29, 0.717) is 19.0 Å². The largest absolute Gasteiger partial charge is 0.497 e. The van der Waals surface area contributed by atoms with Crippen LogP contribution in [-0.4, -0.2) is 56.3 Å². The van der Waals surface area contributed by atoms with Crippen molar-refractivity contribution < 1.29 is 14.3 Å². The van der Waals surface area contributed by atoms with Gasteiger partial charge in [-0.15, -0.1) is 0 Å². The predicted octanol–water partition coefficient (Wildman–Crippen LogP) is 1.61. The van der Waals surface area contributed by atoms with Gasteiger partial charge in [0.15, 0.2) is 0 Å². The quantitative estimate of drug-likeness (QED) is 0.866. The third-order valence-electron chi connectivity index (χ3n) is 4.79. The average molecular weight is 318 g/mol. The molecule has 1 aromatic rings. The predicted molar refractivity (Wildman–Crippen MR) is 88.7 cm³/mol. The Morgan fingerprint density at radius 3 is 3.00 bits per heavy atom. The van der Waals surface area contributed by atoms with Gasteiger partial charge in [0.2, 0.25) is 5.91 Å². The number of carbonyl (C=O) groups is 1. The Bertz CT molecular complexity index is 518. The van der Waals surface area contributed by atoms with Crippen molar-refractivity contribution in [3.8, 4) is 5.75 Å². The first kappa shape index (κ1) is 16.3. The number of nitrogens with zero attached hydrogens (tertiary/aromatic N) is 1. The van der Waals surface area contributed by atoms with E-state index in [1.54, 1.807) is 7.11 Å². The zero-order valence-electron chi connectivity index (χ0n) is 13.8. The minimum Gasteiger partial charge on any atom is -0.497 e. The number of nitrogens with one attached hydrogen (secondary N) is 1. The monoisotopic (exact) mass is 318 g/mol. The summed E-state index contributed by atoms with van der Waals surface area (Å²) >= 11 is 0. The maximum absolute atomic E-state index is 12.0. The highest BCUT2D eigenvalue weighted by Gasteiger charge is 2.32. The summed E-state index contributed by atoms with van der Waals surface area (Å²) in [7, 11) is 1.65. The van der Waals surface area contributed by atoms with Crippen LogP contribution in [0.2, 0.25) is 0 Å². The molecule has 1 aromatic carbocycles. The molecule has 2 saturated heterocycles. The van der Waals surface area contributed by atoms with Crippen molar-refractivity contribution in [1.29, 1.82) is 0 Å². The second kappa shape index (κ2) is 7.79. The number of amides is 1. The number of hydrogen-bond donors (Lipinski definition) is 1. The van der Waals surface area contributed by atoms with Gasteiger partial charge in [-0.1, -0.05) is 12.1 Å². The Kier molecular flexibility index (Phi) is 5.51. The van der Waals surface area contributed by atoms with Gasteiger partial charge in [-0.05, 0) is 43.5 Å². The van der Waals surface area contributed by atoms with Crippen LogP contribution in [0.25, 0.3) is 0 Å². The Morgan fingerprint density at radius 1 is 1.39 bits per heavy atom. The van der Waals surface area contributed by atoms with Crippen molar-refractivity contribution in [2.45, 2.75) is 37.8 Å². The molecule has 0 aromatic heterocycles. The molecule has 0 spiro atoms. The van der Waals surface area contributed by atoms with Gasteiger partial charge >= 0.3 is 0 Å². The van der Waals surface area contributed by atoms with Crippen LogP contribution in [0.1, 0.15) is 24.8 Å². The number of morpholine rings is 1. The minimum absolute atomic E-state index is 0.0907. The van der Waals surface area contributed by atoms with E-state index in [0.717, 1.165) is 30.9 Å². The highest BCUT2D eigenvalue weighted by Crippen LogP contribution is 2.22. The molecule has 23 heavy (non-hydrogen) atoms. The first-order valence-electron chi connectivity index (χ1n) is 8.50. The van der Waals surface area contributed by atoms with Crippen LogP contribution in [0.5, 0.6) is 5.75 Å². The minimum atomic E-state index is 0.0907.